The summed E-state index contributed by atoms with van der Waals surface area (Å²) in [5, 5.41) is 3.95. The molecule has 7 heteroatoms. The third-order valence-corrected chi connectivity index (χ3v) is 6.41. The van der Waals surface area contributed by atoms with Crippen LogP contribution in [0.5, 0.6) is 0 Å². The van der Waals surface area contributed by atoms with Crippen molar-refractivity contribution in [3.63, 3.8) is 0 Å². The van der Waals surface area contributed by atoms with Gasteiger partial charge in [-0.3, -0.25) is 4.98 Å². The molecular weight excluding hydrogens is 427 g/mol. The molecule has 0 aliphatic carbocycles. The highest BCUT2D eigenvalue weighted by atomic mass is 32.2. The molecule has 32 heavy (non-hydrogen) atoms. The van der Waals surface area contributed by atoms with Crippen LogP contribution in [0.3, 0.4) is 0 Å². The summed E-state index contributed by atoms with van der Waals surface area (Å²) >= 11 is 1.52. The Labute approximate surface area is 191 Å². The standard InChI is InChI=1S/C25H25FN2O3S/c1-29-25(9-12-30-13-10-25)20-14-21(26)16-24(15-20)32-23-7-5-19(6-8-23)18-31-28-17-22-4-2-3-11-27-22/h2-8,11,14-17H,9-10,12-13,18H2,1H3/b28-17+. The number of rotatable bonds is 8. The molecule has 3 aromatic rings. The van der Waals surface area contributed by atoms with Crippen LogP contribution in [0.1, 0.15) is 29.7 Å². The molecule has 2 aromatic carbocycles. The Morgan fingerprint density at radius 1 is 1.09 bits per heavy atom. The molecule has 2 heterocycles. The lowest BCUT2D eigenvalue weighted by Crippen LogP contribution is -2.35. The van der Waals surface area contributed by atoms with Crippen molar-refractivity contribution in [3.8, 4) is 0 Å². The first-order valence-electron chi connectivity index (χ1n) is 10.4. The fourth-order valence-corrected chi connectivity index (χ4v) is 4.54. The van der Waals surface area contributed by atoms with Gasteiger partial charge in [-0.25, -0.2) is 4.39 Å². The Balaban J connectivity index is 1.39. The van der Waals surface area contributed by atoms with E-state index in [1.807, 2.05) is 48.5 Å². The van der Waals surface area contributed by atoms with E-state index in [0.29, 0.717) is 32.7 Å². The van der Waals surface area contributed by atoms with Crippen molar-refractivity contribution in [2.24, 2.45) is 5.16 Å². The van der Waals surface area contributed by atoms with Crippen molar-refractivity contribution in [1.82, 2.24) is 4.98 Å². The molecule has 1 saturated heterocycles. The van der Waals surface area contributed by atoms with Crippen LogP contribution in [0.4, 0.5) is 4.39 Å². The van der Waals surface area contributed by atoms with E-state index in [0.717, 1.165) is 26.6 Å². The maximum absolute atomic E-state index is 14.4. The van der Waals surface area contributed by atoms with Crippen LogP contribution < -0.4 is 0 Å². The molecule has 0 saturated carbocycles. The van der Waals surface area contributed by atoms with E-state index in [4.69, 9.17) is 14.3 Å². The molecule has 0 atom stereocenters. The van der Waals surface area contributed by atoms with Gasteiger partial charge < -0.3 is 14.3 Å². The molecular formula is C25H25FN2O3S. The summed E-state index contributed by atoms with van der Waals surface area (Å²) in [6.07, 6.45) is 4.72. The van der Waals surface area contributed by atoms with Gasteiger partial charge in [-0.1, -0.05) is 35.1 Å². The summed E-state index contributed by atoms with van der Waals surface area (Å²) < 4.78 is 25.7. The van der Waals surface area contributed by atoms with Crippen molar-refractivity contribution >= 4 is 18.0 Å². The minimum absolute atomic E-state index is 0.260. The lowest BCUT2D eigenvalue weighted by atomic mass is 9.86. The average molecular weight is 453 g/mol. The lowest BCUT2D eigenvalue weighted by molar-refractivity contribution is -0.0950. The Morgan fingerprint density at radius 2 is 1.91 bits per heavy atom. The maximum atomic E-state index is 14.4. The minimum atomic E-state index is -0.493. The van der Waals surface area contributed by atoms with Crippen molar-refractivity contribution < 1.29 is 18.7 Å². The number of aromatic nitrogens is 1. The van der Waals surface area contributed by atoms with Crippen molar-refractivity contribution in [3.05, 3.63) is 89.5 Å². The van der Waals surface area contributed by atoms with Crippen LogP contribution >= 0.6 is 11.8 Å². The van der Waals surface area contributed by atoms with Crippen LogP contribution in [0.2, 0.25) is 0 Å². The average Bonchev–Trinajstić information content (AvgIpc) is 2.83. The van der Waals surface area contributed by atoms with Gasteiger partial charge in [0.25, 0.3) is 0 Å². The van der Waals surface area contributed by atoms with E-state index < -0.39 is 5.60 Å². The third-order valence-electron chi connectivity index (χ3n) is 5.43. The van der Waals surface area contributed by atoms with Crippen molar-refractivity contribution in [2.75, 3.05) is 20.3 Å². The molecule has 1 fully saturated rings. The van der Waals surface area contributed by atoms with E-state index >= 15 is 0 Å². The highest BCUT2D eigenvalue weighted by Gasteiger charge is 2.35. The third kappa shape index (κ3) is 5.73. The normalized spacial score (nSPS) is 15.7. The molecule has 166 valence electrons. The summed E-state index contributed by atoms with van der Waals surface area (Å²) in [6.45, 7) is 1.58. The first-order chi connectivity index (χ1) is 15.7. The number of methoxy groups -OCH3 is 1. The van der Waals surface area contributed by atoms with Crippen LogP contribution in [0.25, 0.3) is 0 Å². The number of hydrogen-bond acceptors (Lipinski definition) is 6. The second-order valence-electron chi connectivity index (χ2n) is 7.49. The van der Waals surface area contributed by atoms with E-state index in [1.165, 1.54) is 11.8 Å². The van der Waals surface area contributed by atoms with E-state index in [-0.39, 0.29) is 5.82 Å². The number of halogens is 1. The summed E-state index contributed by atoms with van der Waals surface area (Å²) in [4.78, 5) is 11.4. The first-order valence-corrected chi connectivity index (χ1v) is 11.3. The predicted octanol–water partition coefficient (Wildman–Crippen LogP) is 5.57. The van der Waals surface area contributed by atoms with Gasteiger partial charge in [-0.15, -0.1) is 0 Å². The second kappa shape index (κ2) is 10.7. The van der Waals surface area contributed by atoms with E-state index in [9.17, 15) is 4.39 Å². The zero-order chi connectivity index (χ0) is 22.2. The highest BCUT2D eigenvalue weighted by Crippen LogP contribution is 2.38. The molecule has 0 bridgehead atoms. The number of hydrogen-bond donors (Lipinski definition) is 0. The molecule has 0 radical (unpaired) electrons. The molecule has 0 amide bonds. The van der Waals surface area contributed by atoms with Gasteiger partial charge in [0, 0.05) is 49.2 Å². The van der Waals surface area contributed by atoms with Crippen LogP contribution in [-0.4, -0.2) is 31.5 Å². The van der Waals surface area contributed by atoms with Gasteiger partial charge in [-0.2, -0.15) is 0 Å². The summed E-state index contributed by atoms with van der Waals surface area (Å²) in [5.41, 5.74) is 2.10. The highest BCUT2D eigenvalue weighted by molar-refractivity contribution is 7.99. The van der Waals surface area contributed by atoms with Crippen LogP contribution in [-0.2, 0) is 26.5 Å². The second-order valence-corrected chi connectivity index (χ2v) is 8.64. The molecule has 5 nitrogen and oxygen atoms in total. The Kier molecular flexibility index (Phi) is 7.52. The van der Waals surface area contributed by atoms with E-state index in [2.05, 4.69) is 10.1 Å². The first kappa shape index (κ1) is 22.5. The van der Waals surface area contributed by atoms with Gasteiger partial charge >= 0.3 is 0 Å². The summed E-state index contributed by atoms with van der Waals surface area (Å²) in [6, 6.07) is 18.7. The Morgan fingerprint density at radius 3 is 2.62 bits per heavy atom. The smallest absolute Gasteiger partial charge is 0.142 e. The minimum Gasteiger partial charge on any atom is -0.391 e. The van der Waals surface area contributed by atoms with Gasteiger partial charge in [0.05, 0.1) is 17.5 Å². The zero-order valence-corrected chi connectivity index (χ0v) is 18.7. The SMILES string of the molecule is COC1(c2cc(F)cc(Sc3ccc(CO/N=C/c4ccccn4)cc3)c2)CCOCC1. The summed E-state index contributed by atoms with van der Waals surface area (Å²) in [5.74, 6) is -0.260. The number of oxime groups is 1. The van der Waals surface area contributed by atoms with Gasteiger partial charge in [0.2, 0.25) is 0 Å². The lowest BCUT2D eigenvalue weighted by Gasteiger charge is -2.36. The molecule has 1 aliphatic rings. The van der Waals surface area contributed by atoms with Crippen LogP contribution in [0.15, 0.2) is 81.8 Å². The molecule has 0 unspecified atom stereocenters. The van der Waals surface area contributed by atoms with Gasteiger partial charge in [0.15, 0.2) is 0 Å². The van der Waals surface area contributed by atoms with Crippen molar-refractivity contribution in [2.45, 2.75) is 34.8 Å². The molecule has 1 aromatic heterocycles. The molecule has 4 rings (SSSR count). The molecule has 1 aliphatic heterocycles. The quantitative estimate of drug-likeness (QED) is 0.330. The fraction of sp³-hybridized carbons (Fsp3) is 0.280. The van der Waals surface area contributed by atoms with Gasteiger partial charge in [-0.05, 0) is 53.6 Å². The van der Waals surface area contributed by atoms with E-state index in [1.54, 1.807) is 31.7 Å². The van der Waals surface area contributed by atoms with Gasteiger partial charge in [0.1, 0.15) is 12.4 Å². The number of benzene rings is 2. The largest absolute Gasteiger partial charge is 0.391 e. The predicted molar refractivity (Wildman–Crippen MR) is 122 cm³/mol. The Bertz CT molecular complexity index is 1040. The fourth-order valence-electron chi connectivity index (χ4n) is 3.64. The zero-order valence-electron chi connectivity index (χ0n) is 17.9. The molecule has 0 N–H and O–H groups in total. The monoisotopic (exact) mass is 452 g/mol. The number of ether oxygens (including phenoxy) is 2. The number of pyridine rings is 1. The van der Waals surface area contributed by atoms with Crippen LogP contribution in [0, 0.1) is 5.82 Å². The number of nitrogens with zero attached hydrogens (tertiary/aromatic N) is 2. The Hall–Kier alpha value is -2.74. The van der Waals surface area contributed by atoms with Crippen molar-refractivity contribution in [1.29, 1.82) is 0 Å². The molecule has 0 spiro atoms. The topological polar surface area (TPSA) is 52.9 Å². The maximum Gasteiger partial charge on any atom is 0.142 e. The summed E-state index contributed by atoms with van der Waals surface area (Å²) in [7, 11) is 1.68.